The molecule has 0 unspecified atom stereocenters. The molecule has 0 saturated heterocycles. The largest absolute Gasteiger partial charge is 0.417 e. The van der Waals surface area contributed by atoms with Crippen molar-refractivity contribution >= 4 is 22.5 Å². The van der Waals surface area contributed by atoms with Crippen molar-refractivity contribution in [3.05, 3.63) is 47.2 Å². The summed E-state index contributed by atoms with van der Waals surface area (Å²) in [5, 5.41) is 7.47. The van der Waals surface area contributed by atoms with E-state index >= 15 is 0 Å². The Balaban J connectivity index is 2.18. The van der Waals surface area contributed by atoms with Gasteiger partial charge in [-0.1, -0.05) is 29.8 Å². The van der Waals surface area contributed by atoms with E-state index in [1.54, 1.807) is 18.3 Å². The van der Waals surface area contributed by atoms with Gasteiger partial charge in [0.15, 0.2) is 0 Å². The zero-order valence-corrected chi connectivity index (χ0v) is 10.6. The number of rotatable bonds is 1. The van der Waals surface area contributed by atoms with E-state index in [2.05, 4.69) is 15.2 Å². The van der Waals surface area contributed by atoms with Crippen molar-refractivity contribution in [3.63, 3.8) is 0 Å². The van der Waals surface area contributed by atoms with Gasteiger partial charge in [0.1, 0.15) is 0 Å². The number of hydrogen-bond donors (Lipinski definition) is 1. The van der Waals surface area contributed by atoms with Gasteiger partial charge in [-0.25, -0.2) is 0 Å². The number of fused-ring (bicyclic) bond motifs is 1. The Labute approximate surface area is 116 Å². The minimum Gasteiger partial charge on any atom is -0.277 e. The molecule has 0 aliphatic carbocycles. The zero-order valence-electron chi connectivity index (χ0n) is 9.87. The van der Waals surface area contributed by atoms with Crippen molar-refractivity contribution in [1.29, 1.82) is 0 Å². The molecule has 7 heteroatoms. The minimum absolute atomic E-state index is 0.0538. The third-order valence-corrected chi connectivity index (χ3v) is 3.19. The summed E-state index contributed by atoms with van der Waals surface area (Å²) in [6.07, 6.45) is -2.07. The van der Waals surface area contributed by atoms with Crippen LogP contribution < -0.4 is 0 Å². The molecule has 102 valence electrons. The Morgan fingerprint density at radius 2 is 1.95 bits per heavy atom. The molecular weight excluding hydrogens is 291 g/mol. The van der Waals surface area contributed by atoms with Crippen LogP contribution in [0.3, 0.4) is 0 Å². The van der Waals surface area contributed by atoms with Crippen LogP contribution in [0, 0.1) is 0 Å². The van der Waals surface area contributed by atoms with Gasteiger partial charge < -0.3 is 0 Å². The number of H-pyrrole nitrogens is 1. The number of nitrogens with one attached hydrogen (secondary N) is 1. The SMILES string of the molecule is FC(F)(F)c1cnc(-c2cccc3cn[nH]c23)c(Cl)c1. The summed E-state index contributed by atoms with van der Waals surface area (Å²) in [7, 11) is 0. The first-order valence-electron chi connectivity index (χ1n) is 5.62. The normalized spacial score (nSPS) is 12.0. The van der Waals surface area contributed by atoms with Gasteiger partial charge >= 0.3 is 6.18 Å². The number of benzene rings is 1. The molecule has 0 spiro atoms. The highest BCUT2D eigenvalue weighted by Crippen LogP contribution is 2.35. The summed E-state index contributed by atoms with van der Waals surface area (Å²) in [4.78, 5) is 3.84. The molecule has 0 fully saturated rings. The van der Waals surface area contributed by atoms with Crippen LogP contribution in [0.1, 0.15) is 5.56 Å². The van der Waals surface area contributed by atoms with Crippen LogP contribution in [0.25, 0.3) is 22.2 Å². The summed E-state index contributed by atoms with van der Waals surface area (Å²) in [6.45, 7) is 0. The maximum Gasteiger partial charge on any atom is 0.417 e. The third-order valence-electron chi connectivity index (χ3n) is 2.90. The van der Waals surface area contributed by atoms with Crippen LogP contribution in [0.4, 0.5) is 13.2 Å². The number of alkyl halides is 3. The predicted molar refractivity (Wildman–Crippen MR) is 69.3 cm³/mol. The van der Waals surface area contributed by atoms with E-state index in [0.29, 0.717) is 11.1 Å². The fourth-order valence-corrected chi connectivity index (χ4v) is 2.23. The molecule has 3 aromatic rings. The summed E-state index contributed by atoms with van der Waals surface area (Å²) < 4.78 is 37.8. The second kappa shape index (κ2) is 4.49. The molecule has 1 aromatic carbocycles. The molecule has 1 N–H and O–H groups in total. The smallest absolute Gasteiger partial charge is 0.277 e. The maximum atomic E-state index is 12.6. The lowest BCUT2D eigenvalue weighted by Gasteiger charge is -2.09. The average molecular weight is 298 g/mol. The summed E-state index contributed by atoms with van der Waals surface area (Å²) in [5.41, 5.74) is 0.706. The van der Waals surface area contributed by atoms with Gasteiger partial charge in [-0.3, -0.25) is 10.1 Å². The highest BCUT2D eigenvalue weighted by atomic mass is 35.5. The standard InChI is InChI=1S/C13H7ClF3N3/c14-10-4-8(13(15,16)17)6-18-12(10)9-3-1-2-7-5-19-20-11(7)9/h1-6H,(H,19,20). The Kier molecular flexibility index (Phi) is 2.90. The molecule has 0 saturated carbocycles. The molecule has 0 bridgehead atoms. The van der Waals surface area contributed by atoms with Crippen molar-refractivity contribution in [2.24, 2.45) is 0 Å². The van der Waals surface area contributed by atoms with Crippen molar-refractivity contribution in [1.82, 2.24) is 15.2 Å². The third kappa shape index (κ3) is 2.12. The molecule has 0 aliphatic rings. The monoisotopic (exact) mass is 297 g/mol. The van der Waals surface area contributed by atoms with Gasteiger partial charge in [0.05, 0.1) is 28.0 Å². The summed E-state index contributed by atoms with van der Waals surface area (Å²) in [6, 6.07) is 6.20. The first-order chi connectivity index (χ1) is 9.47. The first-order valence-corrected chi connectivity index (χ1v) is 6.00. The van der Waals surface area contributed by atoms with Gasteiger partial charge in [0.25, 0.3) is 0 Å². The van der Waals surface area contributed by atoms with Crippen LogP contribution in [0.2, 0.25) is 5.02 Å². The van der Waals surface area contributed by atoms with E-state index in [-0.39, 0.29) is 10.7 Å². The number of nitrogens with zero attached hydrogens (tertiary/aromatic N) is 2. The van der Waals surface area contributed by atoms with Gasteiger partial charge in [-0.15, -0.1) is 0 Å². The van der Waals surface area contributed by atoms with Gasteiger partial charge in [-0.05, 0) is 6.07 Å². The van der Waals surface area contributed by atoms with E-state index in [1.165, 1.54) is 0 Å². The number of pyridine rings is 1. The number of aromatic nitrogens is 3. The fraction of sp³-hybridized carbons (Fsp3) is 0.0769. The fourth-order valence-electron chi connectivity index (χ4n) is 1.96. The minimum atomic E-state index is -4.46. The molecule has 0 amide bonds. The second-order valence-corrected chi connectivity index (χ2v) is 4.60. The Bertz CT molecular complexity index is 780. The Hall–Kier alpha value is -2.08. The van der Waals surface area contributed by atoms with Crippen molar-refractivity contribution in [3.8, 4) is 11.3 Å². The van der Waals surface area contributed by atoms with E-state index in [4.69, 9.17) is 11.6 Å². The summed E-state index contributed by atoms with van der Waals surface area (Å²) >= 11 is 5.94. The molecule has 0 radical (unpaired) electrons. The average Bonchev–Trinajstić information content (AvgIpc) is 2.85. The molecular formula is C13H7ClF3N3. The highest BCUT2D eigenvalue weighted by molar-refractivity contribution is 6.33. The van der Waals surface area contributed by atoms with E-state index in [0.717, 1.165) is 17.6 Å². The predicted octanol–water partition coefficient (Wildman–Crippen LogP) is 4.30. The van der Waals surface area contributed by atoms with Gasteiger partial charge in [-0.2, -0.15) is 18.3 Å². The zero-order chi connectivity index (χ0) is 14.3. The van der Waals surface area contributed by atoms with Crippen LogP contribution in [0.15, 0.2) is 36.7 Å². The van der Waals surface area contributed by atoms with E-state index in [9.17, 15) is 13.2 Å². The van der Waals surface area contributed by atoms with Crippen LogP contribution in [-0.4, -0.2) is 15.2 Å². The summed E-state index contributed by atoms with van der Waals surface area (Å²) in [5.74, 6) is 0. The topological polar surface area (TPSA) is 41.6 Å². The molecule has 20 heavy (non-hydrogen) atoms. The van der Waals surface area contributed by atoms with Crippen LogP contribution in [-0.2, 0) is 6.18 Å². The number of hydrogen-bond acceptors (Lipinski definition) is 2. The number of halogens is 4. The van der Waals surface area contributed by atoms with Gasteiger partial charge in [0.2, 0.25) is 0 Å². The molecule has 3 rings (SSSR count). The van der Waals surface area contributed by atoms with Gasteiger partial charge in [0, 0.05) is 17.1 Å². The van der Waals surface area contributed by atoms with Crippen molar-refractivity contribution in [2.45, 2.75) is 6.18 Å². The van der Waals surface area contributed by atoms with Crippen LogP contribution in [0.5, 0.6) is 0 Å². The molecule has 3 nitrogen and oxygen atoms in total. The molecule has 2 heterocycles. The van der Waals surface area contributed by atoms with E-state index in [1.807, 2.05) is 6.07 Å². The first kappa shape index (κ1) is 12.9. The molecule has 2 aromatic heterocycles. The molecule has 0 atom stereocenters. The quantitative estimate of drug-likeness (QED) is 0.727. The Morgan fingerprint density at radius 3 is 2.65 bits per heavy atom. The highest BCUT2D eigenvalue weighted by Gasteiger charge is 2.31. The second-order valence-electron chi connectivity index (χ2n) is 4.19. The maximum absolute atomic E-state index is 12.6. The van der Waals surface area contributed by atoms with Crippen molar-refractivity contribution in [2.75, 3.05) is 0 Å². The number of aromatic amines is 1. The lowest BCUT2D eigenvalue weighted by molar-refractivity contribution is -0.137. The lowest BCUT2D eigenvalue weighted by atomic mass is 10.1. The van der Waals surface area contributed by atoms with E-state index < -0.39 is 11.7 Å². The van der Waals surface area contributed by atoms with Crippen molar-refractivity contribution < 1.29 is 13.2 Å². The number of para-hydroxylation sites is 1. The molecule has 0 aliphatic heterocycles. The van der Waals surface area contributed by atoms with Crippen LogP contribution >= 0.6 is 11.6 Å². The Morgan fingerprint density at radius 1 is 1.15 bits per heavy atom. The lowest BCUT2D eigenvalue weighted by Crippen LogP contribution is -2.05.